The van der Waals surface area contributed by atoms with Crippen molar-refractivity contribution < 1.29 is 0 Å². The van der Waals surface area contributed by atoms with E-state index >= 15 is 0 Å². The van der Waals surface area contributed by atoms with Crippen LogP contribution in [0.1, 0.15) is 18.9 Å². The maximum absolute atomic E-state index is 6.05. The van der Waals surface area contributed by atoms with Crippen molar-refractivity contribution in [2.45, 2.75) is 18.9 Å². The van der Waals surface area contributed by atoms with Crippen molar-refractivity contribution in [2.75, 3.05) is 5.73 Å². The van der Waals surface area contributed by atoms with Gasteiger partial charge in [-0.1, -0.05) is 0 Å². The molecule has 2 aromatic rings. The first kappa shape index (κ1) is 8.52. The van der Waals surface area contributed by atoms with Crippen molar-refractivity contribution >= 4 is 5.82 Å². The van der Waals surface area contributed by atoms with E-state index in [1.54, 1.807) is 12.4 Å². The van der Waals surface area contributed by atoms with E-state index in [0.29, 0.717) is 6.04 Å². The predicted octanol–water partition coefficient (Wildman–Crippen LogP) is 1.20. The zero-order valence-electron chi connectivity index (χ0n) is 8.59. The number of nitrogens with two attached hydrogens (primary N) is 1. The van der Waals surface area contributed by atoms with Gasteiger partial charge in [0.1, 0.15) is 11.6 Å². The molecule has 1 aliphatic rings. The molecule has 0 saturated heterocycles. The number of hydrogen-bond acceptors (Lipinski definition) is 3. The van der Waals surface area contributed by atoms with E-state index < -0.39 is 0 Å². The highest BCUT2D eigenvalue weighted by molar-refractivity contribution is 5.68. The summed E-state index contributed by atoms with van der Waals surface area (Å²) in [5.74, 6) is 1.60. The Morgan fingerprint density at radius 2 is 2.27 bits per heavy atom. The topological polar surface area (TPSA) is 61.7 Å². The summed E-state index contributed by atoms with van der Waals surface area (Å²) in [4.78, 5) is 4.27. The predicted molar refractivity (Wildman–Crippen MR) is 57.1 cm³/mol. The van der Waals surface area contributed by atoms with E-state index in [2.05, 4.69) is 10.1 Å². The average molecular weight is 203 g/mol. The summed E-state index contributed by atoms with van der Waals surface area (Å²) < 4.78 is 3.86. The van der Waals surface area contributed by atoms with Crippen LogP contribution in [0.15, 0.2) is 18.6 Å². The van der Waals surface area contributed by atoms with Gasteiger partial charge in [0.25, 0.3) is 0 Å². The van der Waals surface area contributed by atoms with Gasteiger partial charge in [-0.15, -0.1) is 0 Å². The second-order valence-electron chi connectivity index (χ2n) is 3.98. The normalized spacial score (nSPS) is 15.8. The number of anilines is 1. The third-order valence-electron chi connectivity index (χ3n) is 2.79. The van der Waals surface area contributed by atoms with Gasteiger partial charge in [-0.2, -0.15) is 5.10 Å². The van der Waals surface area contributed by atoms with Gasteiger partial charge < -0.3 is 10.3 Å². The minimum atomic E-state index is 0.513. The molecule has 78 valence electrons. The molecule has 1 saturated carbocycles. The first-order valence-corrected chi connectivity index (χ1v) is 5.08. The summed E-state index contributed by atoms with van der Waals surface area (Å²) in [6.45, 7) is 0. The molecule has 0 radical (unpaired) electrons. The highest BCUT2D eigenvalue weighted by Crippen LogP contribution is 2.38. The SMILES string of the molecule is Cn1ccnc1-c1cnn(C2CC2)c1N. The Hall–Kier alpha value is -1.78. The lowest BCUT2D eigenvalue weighted by molar-refractivity contribution is 0.651. The smallest absolute Gasteiger partial charge is 0.144 e. The van der Waals surface area contributed by atoms with Crippen LogP contribution in [0.25, 0.3) is 11.4 Å². The molecule has 2 N–H and O–H groups in total. The van der Waals surface area contributed by atoms with Crippen molar-refractivity contribution in [1.29, 1.82) is 0 Å². The first-order chi connectivity index (χ1) is 7.27. The number of aromatic nitrogens is 4. The van der Waals surface area contributed by atoms with Crippen molar-refractivity contribution in [3.05, 3.63) is 18.6 Å². The molecular weight excluding hydrogens is 190 g/mol. The van der Waals surface area contributed by atoms with Crippen LogP contribution in [0.5, 0.6) is 0 Å². The van der Waals surface area contributed by atoms with Gasteiger partial charge in [-0.3, -0.25) is 0 Å². The van der Waals surface area contributed by atoms with Crippen molar-refractivity contribution in [3.63, 3.8) is 0 Å². The molecule has 0 atom stereocenters. The van der Waals surface area contributed by atoms with Crippen LogP contribution in [0.4, 0.5) is 5.82 Å². The molecule has 0 amide bonds. The molecule has 0 aliphatic heterocycles. The highest BCUT2D eigenvalue weighted by Gasteiger charge is 2.27. The minimum Gasteiger partial charge on any atom is -0.383 e. The molecule has 1 aliphatic carbocycles. The Kier molecular flexibility index (Phi) is 1.62. The number of aryl methyl sites for hydroxylation is 1. The van der Waals surface area contributed by atoms with Crippen molar-refractivity contribution in [2.24, 2.45) is 7.05 Å². The lowest BCUT2D eigenvalue weighted by Gasteiger charge is -2.03. The molecule has 5 nitrogen and oxygen atoms in total. The van der Waals surface area contributed by atoms with E-state index in [1.807, 2.05) is 22.5 Å². The van der Waals surface area contributed by atoms with Gasteiger partial charge in [0.2, 0.25) is 0 Å². The zero-order chi connectivity index (χ0) is 10.4. The van der Waals surface area contributed by atoms with Crippen LogP contribution in [0.2, 0.25) is 0 Å². The molecule has 15 heavy (non-hydrogen) atoms. The molecule has 3 rings (SSSR count). The Morgan fingerprint density at radius 1 is 1.47 bits per heavy atom. The standard InChI is InChI=1S/C10H13N5/c1-14-5-4-12-10(14)8-6-13-15(9(8)11)7-2-3-7/h4-7H,2-3,11H2,1H3. The summed E-state index contributed by atoms with van der Waals surface area (Å²) in [5, 5.41) is 4.31. The molecular formula is C10H13N5. The third-order valence-corrected chi connectivity index (χ3v) is 2.79. The average Bonchev–Trinajstić information content (AvgIpc) is 2.87. The third kappa shape index (κ3) is 1.23. The molecule has 5 heteroatoms. The van der Waals surface area contributed by atoms with Gasteiger partial charge in [-0.25, -0.2) is 9.67 Å². The number of imidazole rings is 1. The van der Waals surface area contributed by atoms with Crippen LogP contribution in [-0.2, 0) is 7.05 Å². The first-order valence-electron chi connectivity index (χ1n) is 5.08. The highest BCUT2D eigenvalue weighted by atomic mass is 15.3. The summed E-state index contributed by atoms with van der Waals surface area (Å²) in [5.41, 5.74) is 6.98. The molecule has 0 spiro atoms. The van der Waals surface area contributed by atoms with Gasteiger partial charge in [0.15, 0.2) is 0 Å². The van der Waals surface area contributed by atoms with Crippen LogP contribution >= 0.6 is 0 Å². The molecule has 2 aromatic heterocycles. The fourth-order valence-electron chi connectivity index (χ4n) is 1.78. The monoisotopic (exact) mass is 203 g/mol. The van der Waals surface area contributed by atoms with Crippen LogP contribution in [0, 0.1) is 0 Å². The number of nitrogens with zero attached hydrogens (tertiary/aromatic N) is 4. The van der Waals surface area contributed by atoms with E-state index in [-0.39, 0.29) is 0 Å². The van der Waals surface area contributed by atoms with Gasteiger partial charge >= 0.3 is 0 Å². The number of rotatable bonds is 2. The van der Waals surface area contributed by atoms with E-state index in [1.165, 1.54) is 12.8 Å². The molecule has 1 fully saturated rings. The van der Waals surface area contributed by atoms with Crippen molar-refractivity contribution in [1.82, 2.24) is 19.3 Å². The van der Waals surface area contributed by atoms with E-state index in [9.17, 15) is 0 Å². The second kappa shape index (κ2) is 2.85. The number of hydrogen-bond donors (Lipinski definition) is 1. The summed E-state index contributed by atoms with van der Waals surface area (Å²) in [7, 11) is 1.95. The van der Waals surface area contributed by atoms with Crippen molar-refractivity contribution in [3.8, 4) is 11.4 Å². The quantitative estimate of drug-likeness (QED) is 0.797. The lowest BCUT2D eigenvalue weighted by atomic mass is 10.3. The largest absolute Gasteiger partial charge is 0.383 e. The number of nitrogen functional groups attached to an aromatic ring is 1. The van der Waals surface area contributed by atoms with Crippen LogP contribution < -0.4 is 5.73 Å². The minimum absolute atomic E-state index is 0.513. The van der Waals surface area contributed by atoms with Gasteiger partial charge in [0, 0.05) is 19.4 Å². The summed E-state index contributed by atoms with van der Waals surface area (Å²) >= 11 is 0. The molecule has 0 aromatic carbocycles. The fraction of sp³-hybridized carbons (Fsp3) is 0.400. The van der Waals surface area contributed by atoms with E-state index in [4.69, 9.17) is 5.73 Å². The lowest BCUT2D eigenvalue weighted by Crippen LogP contribution is -2.03. The molecule has 2 heterocycles. The summed E-state index contributed by atoms with van der Waals surface area (Å²) in [6, 6.07) is 0.513. The Morgan fingerprint density at radius 3 is 2.87 bits per heavy atom. The van der Waals surface area contributed by atoms with Gasteiger partial charge in [-0.05, 0) is 12.8 Å². The Bertz CT molecular complexity index is 492. The maximum Gasteiger partial charge on any atom is 0.144 e. The Labute approximate surface area is 87.5 Å². The molecule has 0 bridgehead atoms. The summed E-state index contributed by atoms with van der Waals surface area (Å²) in [6.07, 6.45) is 7.85. The zero-order valence-corrected chi connectivity index (χ0v) is 8.59. The van der Waals surface area contributed by atoms with Crippen LogP contribution in [-0.4, -0.2) is 19.3 Å². The van der Waals surface area contributed by atoms with Gasteiger partial charge in [0.05, 0.1) is 17.8 Å². The Balaban J connectivity index is 2.09. The fourth-order valence-corrected chi connectivity index (χ4v) is 1.78. The maximum atomic E-state index is 6.05. The second-order valence-corrected chi connectivity index (χ2v) is 3.98. The molecule has 0 unspecified atom stereocenters. The van der Waals surface area contributed by atoms with E-state index in [0.717, 1.165) is 17.2 Å². The van der Waals surface area contributed by atoms with Crippen LogP contribution in [0.3, 0.4) is 0 Å².